The van der Waals surface area contributed by atoms with Crippen molar-refractivity contribution in [2.75, 3.05) is 25.5 Å². The van der Waals surface area contributed by atoms with Gasteiger partial charge in [0.25, 0.3) is 0 Å². The summed E-state index contributed by atoms with van der Waals surface area (Å²) in [4.78, 5) is 37.5. The summed E-state index contributed by atoms with van der Waals surface area (Å²) in [6.07, 6.45) is -0.734. The van der Waals surface area contributed by atoms with E-state index < -0.39 is 29.4 Å². The summed E-state index contributed by atoms with van der Waals surface area (Å²) in [7, 11) is 1.24. The van der Waals surface area contributed by atoms with Crippen molar-refractivity contribution in [3.05, 3.63) is 40.1 Å². The number of esters is 1. The standard InChI is InChI=1S/C26H29BrF3N5O4/c1-25(2,3)39-24(37)35-10-6-5-7-14(13-35)33-23-32-12-18(26(28,29)30)20(34-23)17-11-31-21-15(17)8-9-16(19(21)27)22(36)38-4/h8-9,11-12,14,31H,5-7,10,13H2,1-4H3,(H,32,33,34)/t14-/m0/s1. The van der Waals surface area contributed by atoms with Gasteiger partial charge in [-0.25, -0.2) is 19.6 Å². The molecule has 210 valence electrons. The molecule has 3 heterocycles. The number of fused-ring (bicyclic) bond motifs is 1. The van der Waals surface area contributed by atoms with Gasteiger partial charge in [0.15, 0.2) is 0 Å². The Balaban J connectivity index is 1.68. The SMILES string of the molecule is COC(=O)c1ccc2c(-c3nc(N[C@H]4CCCCN(C(=O)OC(C)(C)C)C4)ncc3C(F)(F)F)c[nH]c2c1Br. The Hall–Kier alpha value is -3.35. The number of alkyl halides is 3. The molecule has 1 fully saturated rings. The number of nitrogens with one attached hydrogen (secondary N) is 2. The van der Waals surface area contributed by atoms with E-state index in [1.165, 1.54) is 25.4 Å². The van der Waals surface area contributed by atoms with Crippen LogP contribution < -0.4 is 5.32 Å². The van der Waals surface area contributed by atoms with Crippen molar-refractivity contribution in [1.82, 2.24) is 19.9 Å². The summed E-state index contributed by atoms with van der Waals surface area (Å²) in [5, 5.41) is 3.55. The quantitative estimate of drug-likeness (QED) is 0.329. The highest BCUT2D eigenvalue weighted by Gasteiger charge is 2.36. The fourth-order valence-electron chi connectivity index (χ4n) is 4.43. The molecule has 39 heavy (non-hydrogen) atoms. The Morgan fingerprint density at radius 2 is 1.95 bits per heavy atom. The van der Waals surface area contributed by atoms with Crippen LogP contribution in [0.1, 0.15) is 56.0 Å². The van der Waals surface area contributed by atoms with Crippen LogP contribution in [0.4, 0.5) is 23.9 Å². The Kier molecular flexibility index (Phi) is 8.10. The molecule has 0 bridgehead atoms. The molecule has 9 nitrogen and oxygen atoms in total. The van der Waals surface area contributed by atoms with E-state index in [9.17, 15) is 22.8 Å². The second kappa shape index (κ2) is 11.0. The van der Waals surface area contributed by atoms with E-state index in [0.717, 1.165) is 19.0 Å². The number of anilines is 1. The number of benzene rings is 1. The van der Waals surface area contributed by atoms with Gasteiger partial charge in [-0.05, 0) is 62.0 Å². The number of halogens is 4. The number of rotatable bonds is 4. The highest BCUT2D eigenvalue weighted by Crippen LogP contribution is 2.40. The highest BCUT2D eigenvalue weighted by atomic mass is 79.9. The first-order valence-corrected chi connectivity index (χ1v) is 13.1. The van der Waals surface area contributed by atoms with Gasteiger partial charge in [0.1, 0.15) is 11.2 Å². The van der Waals surface area contributed by atoms with Crippen LogP contribution in [-0.4, -0.2) is 63.8 Å². The minimum atomic E-state index is -4.71. The molecule has 0 unspecified atom stereocenters. The fourth-order valence-corrected chi connectivity index (χ4v) is 5.05. The number of likely N-dealkylation sites (tertiary alicyclic amines) is 1. The molecule has 0 aliphatic carbocycles. The maximum atomic E-state index is 14.0. The van der Waals surface area contributed by atoms with Crippen LogP contribution >= 0.6 is 15.9 Å². The van der Waals surface area contributed by atoms with Crippen molar-refractivity contribution in [2.24, 2.45) is 0 Å². The first kappa shape index (κ1) is 28.7. The zero-order chi connectivity index (χ0) is 28.5. The molecule has 1 amide bonds. The number of carbonyl (C=O) groups excluding carboxylic acids is 2. The van der Waals surface area contributed by atoms with E-state index in [4.69, 9.17) is 9.47 Å². The second-order valence-corrected chi connectivity index (χ2v) is 11.1. The van der Waals surface area contributed by atoms with Crippen LogP contribution in [0, 0.1) is 0 Å². The van der Waals surface area contributed by atoms with Crippen molar-refractivity contribution in [2.45, 2.75) is 57.9 Å². The average Bonchev–Trinajstić information content (AvgIpc) is 3.14. The smallest absolute Gasteiger partial charge is 0.419 e. The van der Waals surface area contributed by atoms with E-state index >= 15 is 0 Å². The van der Waals surface area contributed by atoms with Crippen molar-refractivity contribution in [3.8, 4) is 11.3 Å². The number of carbonyl (C=O) groups is 2. The van der Waals surface area contributed by atoms with Crippen molar-refractivity contribution < 1.29 is 32.2 Å². The summed E-state index contributed by atoms with van der Waals surface area (Å²) < 4.78 is 52.7. The first-order valence-electron chi connectivity index (χ1n) is 12.4. The van der Waals surface area contributed by atoms with Gasteiger partial charge < -0.3 is 24.7 Å². The third kappa shape index (κ3) is 6.45. The molecule has 0 saturated carbocycles. The lowest BCUT2D eigenvalue weighted by molar-refractivity contribution is -0.137. The summed E-state index contributed by atoms with van der Waals surface area (Å²) in [5.41, 5.74) is -1.13. The van der Waals surface area contributed by atoms with E-state index in [1.54, 1.807) is 25.7 Å². The molecule has 1 aromatic carbocycles. The number of amides is 1. The third-order valence-electron chi connectivity index (χ3n) is 6.20. The van der Waals surface area contributed by atoms with Gasteiger partial charge >= 0.3 is 18.2 Å². The average molecular weight is 612 g/mol. The van der Waals surface area contributed by atoms with Gasteiger partial charge in [0, 0.05) is 42.5 Å². The number of ether oxygens (including phenoxy) is 2. The Labute approximate surface area is 231 Å². The number of hydrogen-bond donors (Lipinski definition) is 2. The summed E-state index contributed by atoms with van der Waals surface area (Å²) in [6, 6.07) is 2.72. The topological polar surface area (TPSA) is 109 Å². The first-order chi connectivity index (χ1) is 18.3. The normalized spacial score (nSPS) is 16.6. The molecule has 0 radical (unpaired) electrons. The Morgan fingerprint density at radius 1 is 1.21 bits per heavy atom. The molecule has 3 aromatic rings. The van der Waals surface area contributed by atoms with Crippen LogP contribution in [0.15, 0.2) is 29.0 Å². The van der Waals surface area contributed by atoms with Crippen LogP contribution in [0.2, 0.25) is 0 Å². The Morgan fingerprint density at radius 3 is 2.62 bits per heavy atom. The van der Waals surface area contributed by atoms with Crippen LogP contribution in [0.5, 0.6) is 0 Å². The van der Waals surface area contributed by atoms with Gasteiger partial charge in [-0.3, -0.25) is 0 Å². The summed E-state index contributed by atoms with van der Waals surface area (Å²) >= 11 is 3.35. The molecule has 4 rings (SSSR count). The summed E-state index contributed by atoms with van der Waals surface area (Å²) in [5.74, 6) is -0.582. The number of aromatic nitrogens is 3. The molecule has 13 heteroatoms. The lowest BCUT2D eigenvalue weighted by atomic mass is 10.0. The molecule has 1 aliphatic heterocycles. The molecule has 2 N–H and O–H groups in total. The van der Waals surface area contributed by atoms with E-state index in [1.807, 2.05) is 0 Å². The number of hydrogen-bond acceptors (Lipinski definition) is 7. The number of H-pyrrole nitrogens is 1. The monoisotopic (exact) mass is 611 g/mol. The minimum absolute atomic E-state index is 0.00800. The zero-order valence-corrected chi connectivity index (χ0v) is 23.5. The molecule has 1 saturated heterocycles. The fraction of sp³-hybridized carbons (Fsp3) is 0.462. The second-order valence-electron chi connectivity index (χ2n) is 10.3. The molecule has 1 atom stereocenters. The number of methoxy groups -OCH3 is 1. The molecule has 0 spiro atoms. The molecule has 2 aromatic heterocycles. The lowest BCUT2D eigenvalue weighted by Crippen LogP contribution is -2.42. The molecule has 1 aliphatic rings. The van der Waals surface area contributed by atoms with Crippen molar-refractivity contribution in [1.29, 1.82) is 0 Å². The largest absolute Gasteiger partial charge is 0.465 e. The maximum absolute atomic E-state index is 14.0. The van der Waals surface area contributed by atoms with E-state index in [-0.39, 0.29) is 28.8 Å². The van der Waals surface area contributed by atoms with Crippen LogP contribution in [0.25, 0.3) is 22.2 Å². The van der Waals surface area contributed by atoms with Gasteiger partial charge in [0.2, 0.25) is 5.95 Å². The summed E-state index contributed by atoms with van der Waals surface area (Å²) in [6.45, 7) is 6.18. The van der Waals surface area contributed by atoms with Gasteiger partial charge in [-0.2, -0.15) is 13.2 Å². The Bertz CT molecular complexity index is 1390. The number of aromatic amines is 1. The van der Waals surface area contributed by atoms with Crippen LogP contribution in [-0.2, 0) is 15.7 Å². The third-order valence-corrected chi connectivity index (χ3v) is 7.03. The maximum Gasteiger partial charge on any atom is 0.419 e. The predicted octanol–water partition coefficient (Wildman–Crippen LogP) is 6.39. The van der Waals surface area contributed by atoms with Crippen LogP contribution in [0.3, 0.4) is 0 Å². The number of nitrogens with zero attached hydrogens (tertiary/aromatic N) is 3. The minimum Gasteiger partial charge on any atom is -0.465 e. The van der Waals surface area contributed by atoms with Crippen molar-refractivity contribution in [3.63, 3.8) is 0 Å². The van der Waals surface area contributed by atoms with Gasteiger partial charge in [-0.15, -0.1) is 0 Å². The lowest BCUT2D eigenvalue weighted by Gasteiger charge is -2.28. The predicted molar refractivity (Wildman–Crippen MR) is 142 cm³/mol. The van der Waals surface area contributed by atoms with Gasteiger partial charge in [-0.1, -0.05) is 6.07 Å². The van der Waals surface area contributed by atoms with E-state index in [2.05, 4.69) is 36.2 Å². The van der Waals surface area contributed by atoms with Crippen molar-refractivity contribution >= 4 is 44.8 Å². The van der Waals surface area contributed by atoms with Gasteiger partial charge in [0.05, 0.1) is 28.4 Å². The zero-order valence-electron chi connectivity index (χ0n) is 21.9. The highest BCUT2D eigenvalue weighted by molar-refractivity contribution is 9.10. The molecular formula is C26H29BrF3N5O4. The molecular weight excluding hydrogens is 583 g/mol. The van der Waals surface area contributed by atoms with E-state index in [0.29, 0.717) is 34.9 Å².